The molecule has 1 aliphatic rings. The SMILES string of the molecule is CCCCCC(C)NC(=O)NCC1(C(=O)O)CCCCC1. The number of rotatable bonds is 8. The van der Waals surface area contributed by atoms with Gasteiger partial charge in [0.05, 0.1) is 5.41 Å². The van der Waals surface area contributed by atoms with Crippen LogP contribution in [0.2, 0.25) is 0 Å². The molecular weight excluding hydrogens is 268 g/mol. The van der Waals surface area contributed by atoms with Gasteiger partial charge in [0.25, 0.3) is 0 Å². The lowest BCUT2D eigenvalue weighted by Gasteiger charge is -2.33. The van der Waals surface area contributed by atoms with Crippen LogP contribution in [-0.4, -0.2) is 29.7 Å². The molecule has 0 spiro atoms. The van der Waals surface area contributed by atoms with Gasteiger partial charge in [-0.05, 0) is 26.2 Å². The molecule has 0 aromatic carbocycles. The minimum absolute atomic E-state index is 0.128. The number of amides is 2. The number of unbranched alkanes of at least 4 members (excludes halogenated alkanes) is 2. The van der Waals surface area contributed by atoms with Crippen LogP contribution < -0.4 is 10.6 Å². The highest BCUT2D eigenvalue weighted by Gasteiger charge is 2.39. The molecule has 0 heterocycles. The van der Waals surface area contributed by atoms with E-state index in [1.807, 2.05) is 6.92 Å². The van der Waals surface area contributed by atoms with Gasteiger partial charge in [0.1, 0.15) is 0 Å². The Morgan fingerprint density at radius 3 is 2.43 bits per heavy atom. The van der Waals surface area contributed by atoms with E-state index in [2.05, 4.69) is 17.6 Å². The molecule has 0 radical (unpaired) electrons. The average molecular weight is 298 g/mol. The Kier molecular flexibility index (Phi) is 7.54. The zero-order valence-corrected chi connectivity index (χ0v) is 13.4. The second-order valence-electron chi connectivity index (χ2n) is 6.37. The van der Waals surface area contributed by atoms with Crippen LogP contribution in [0.1, 0.15) is 71.6 Å². The van der Waals surface area contributed by atoms with Crippen molar-refractivity contribution in [1.82, 2.24) is 10.6 Å². The second-order valence-corrected chi connectivity index (χ2v) is 6.37. The molecule has 0 aromatic heterocycles. The van der Waals surface area contributed by atoms with Crippen molar-refractivity contribution in [2.45, 2.75) is 77.7 Å². The lowest BCUT2D eigenvalue weighted by atomic mass is 9.74. The topological polar surface area (TPSA) is 78.4 Å². The van der Waals surface area contributed by atoms with E-state index in [-0.39, 0.29) is 18.6 Å². The number of hydrogen-bond acceptors (Lipinski definition) is 2. The highest BCUT2D eigenvalue weighted by atomic mass is 16.4. The fourth-order valence-corrected chi connectivity index (χ4v) is 2.99. The van der Waals surface area contributed by atoms with Crippen molar-refractivity contribution in [2.75, 3.05) is 6.54 Å². The fraction of sp³-hybridized carbons (Fsp3) is 0.875. The van der Waals surface area contributed by atoms with Crippen LogP contribution in [0.5, 0.6) is 0 Å². The highest BCUT2D eigenvalue weighted by Crippen LogP contribution is 2.35. The second kappa shape index (κ2) is 8.90. The number of carboxylic acid groups (broad SMARTS) is 1. The number of aliphatic carboxylic acids is 1. The molecule has 122 valence electrons. The third kappa shape index (κ3) is 5.94. The standard InChI is InChI=1S/C16H30N2O3/c1-3-4-6-9-13(2)18-15(21)17-12-16(14(19)20)10-7-5-8-11-16/h13H,3-12H2,1-2H3,(H,19,20)(H2,17,18,21). The number of nitrogens with one attached hydrogen (secondary N) is 2. The van der Waals surface area contributed by atoms with Crippen LogP contribution in [0.15, 0.2) is 0 Å². The molecule has 1 saturated carbocycles. The van der Waals surface area contributed by atoms with Crippen LogP contribution in [0.4, 0.5) is 4.79 Å². The zero-order valence-electron chi connectivity index (χ0n) is 13.4. The van der Waals surface area contributed by atoms with E-state index in [9.17, 15) is 14.7 Å². The maximum atomic E-state index is 11.9. The molecule has 0 aliphatic heterocycles. The third-order valence-electron chi connectivity index (χ3n) is 4.47. The summed E-state index contributed by atoms with van der Waals surface area (Å²) in [6, 6.07) is -0.117. The minimum atomic E-state index is -0.779. The normalized spacial score (nSPS) is 18.8. The van der Waals surface area contributed by atoms with Gasteiger partial charge in [0.15, 0.2) is 0 Å². The highest BCUT2D eigenvalue weighted by molar-refractivity contribution is 5.78. The largest absolute Gasteiger partial charge is 0.481 e. The summed E-state index contributed by atoms with van der Waals surface area (Å²) in [7, 11) is 0. The van der Waals surface area contributed by atoms with Gasteiger partial charge in [0, 0.05) is 12.6 Å². The average Bonchev–Trinajstić information content (AvgIpc) is 2.46. The van der Waals surface area contributed by atoms with Gasteiger partial charge < -0.3 is 15.7 Å². The third-order valence-corrected chi connectivity index (χ3v) is 4.47. The molecule has 1 rings (SSSR count). The van der Waals surface area contributed by atoms with Crippen molar-refractivity contribution < 1.29 is 14.7 Å². The number of urea groups is 1. The molecule has 1 aliphatic carbocycles. The summed E-state index contributed by atoms with van der Waals surface area (Å²) < 4.78 is 0. The number of carbonyl (C=O) groups excluding carboxylic acids is 1. The van der Waals surface area contributed by atoms with E-state index < -0.39 is 11.4 Å². The Morgan fingerprint density at radius 2 is 1.86 bits per heavy atom. The summed E-state index contributed by atoms with van der Waals surface area (Å²) in [6.07, 6.45) is 8.70. The van der Waals surface area contributed by atoms with Crippen LogP contribution >= 0.6 is 0 Å². The number of carboxylic acids is 1. The zero-order chi connectivity index (χ0) is 15.7. The van der Waals surface area contributed by atoms with Gasteiger partial charge in [-0.3, -0.25) is 4.79 Å². The predicted octanol–water partition coefficient (Wildman–Crippen LogP) is 3.29. The smallest absolute Gasteiger partial charge is 0.315 e. The molecule has 3 N–H and O–H groups in total. The van der Waals surface area contributed by atoms with E-state index in [1.165, 1.54) is 12.8 Å². The number of carbonyl (C=O) groups is 2. The summed E-state index contributed by atoms with van der Waals surface area (Å²) >= 11 is 0. The first-order valence-corrected chi connectivity index (χ1v) is 8.28. The Balaban J connectivity index is 2.34. The lowest BCUT2D eigenvalue weighted by Crippen LogP contribution is -2.48. The molecule has 1 atom stereocenters. The van der Waals surface area contributed by atoms with Crippen molar-refractivity contribution in [2.24, 2.45) is 5.41 Å². The first-order chi connectivity index (χ1) is 10.00. The monoisotopic (exact) mass is 298 g/mol. The first kappa shape index (κ1) is 17.8. The van der Waals surface area contributed by atoms with Gasteiger partial charge in [0.2, 0.25) is 0 Å². The van der Waals surface area contributed by atoms with Crippen molar-refractivity contribution in [3.63, 3.8) is 0 Å². The van der Waals surface area contributed by atoms with Gasteiger partial charge in [-0.1, -0.05) is 45.4 Å². The molecule has 21 heavy (non-hydrogen) atoms. The predicted molar refractivity (Wildman–Crippen MR) is 83.3 cm³/mol. The van der Waals surface area contributed by atoms with E-state index in [0.29, 0.717) is 12.8 Å². The van der Waals surface area contributed by atoms with E-state index in [1.54, 1.807) is 0 Å². The Morgan fingerprint density at radius 1 is 1.19 bits per heavy atom. The Bertz CT molecular complexity index is 338. The Labute approximate surface area is 127 Å². The Hall–Kier alpha value is -1.26. The maximum Gasteiger partial charge on any atom is 0.315 e. The minimum Gasteiger partial charge on any atom is -0.481 e. The summed E-state index contributed by atoms with van der Waals surface area (Å²) in [6.45, 7) is 4.37. The van der Waals surface area contributed by atoms with Crippen LogP contribution in [0, 0.1) is 5.41 Å². The molecule has 1 fully saturated rings. The van der Waals surface area contributed by atoms with Gasteiger partial charge >= 0.3 is 12.0 Å². The fourth-order valence-electron chi connectivity index (χ4n) is 2.99. The van der Waals surface area contributed by atoms with Crippen molar-refractivity contribution >= 4 is 12.0 Å². The van der Waals surface area contributed by atoms with Gasteiger partial charge in [-0.15, -0.1) is 0 Å². The lowest BCUT2D eigenvalue weighted by molar-refractivity contribution is -0.150. The molecular formula is C16H30N2O3. The van der Waals surface area contributed by atoms with Gasteiger partial charge in [-0.2, -0.15) is 0 Å². The van der Waals surface area contributed by atoms with Crippen LogP contribution in [0.3, 0.4) is 0 Å². The summed E-state index contributed by atoms with van der Waals surface area (Å²) in [5.74, 6) is -0.779. The molecule has 5 heteroatoms. The maximum absolute atomic E-state index is 11.9. The first-order valence-electron chi connectivity index (χ1n) is 8.28. The van der Waals surface area contributed by atoms with Crippen LogP contribution in [0.25, 0.3) is 0 Å². The van der Waals surface area contributed by atoms with E-state index in [0.717, 1.165) is 32.1 Å². The summed E-state index contributed by atoms with van der Waals surface area (Å²) in [4.78, 5) is 23.4. The molecule has 2 amide bonds. The number of hydrogen-bond donors (Lipinski definition) is 3. The molecule has 1 unspecified atom stereocenters. The van der Waals surface area contributed by atoms with E-state index >= 15 is 0 Å². The molecule has 0 saturated heterocycles. The molecule has 0 aromatic rings. The van der Waals surface area contributed by atoms with Gasteiger partial charge in [-0.25, -0.2) is 4.79 Å². The van der Waals surface area contributed by atoms with Crippen LogP contribution in [-0.2, 0) is 4.79 Å². The molecule has 0 bridgehead atoms. The van der Waals surface area contributed by atoms with E-state index in [4.69, 9.17) is 0 Å². The van der Waals surface area contributed by atoms with Crippen molar-refractivity contribution in [3.05, 3.63) is 0 Å². The quantitative estimate of drug-likeness (QED) is 0.602. The van der Waals surface area contributed by atoms with Crippen molar-refractivity contribution in [3.8, 4) is 0 Å². The summed E-state index contributed by atoms with van der Waals surface area (Å²) in [5, 5.41) is 15.1. The van der Waals surface area contributed by atoms with Crippen molar-refractivity contribution in [1.29, 1.82) is 0 Å². The summed E-state index contributed by atoms with van der Waals surface area (Å²) in [5.41, 5.74) is -0.763. The molecule has 5 nitrogen and oxygen atoms in total.